The lowest BCUT2D eigenvalue weighted by Crippen LogP contribution is -2.15. The van der Waals surface area contributed by atoms with Crippen molar-refractivity contribution in [3.63, 3.8) is 0 Å². The minimum atomic E-state index is -0.135. The molecule has 0 radical (unpaired) electrons. The molecule has 0 spiro atoms. The minimum Gasteiger partial charge on any atom is -0.463 e. The zero-order chi connectivity index (χ0) is 38.9. The van der Waals surface area contributed by atoms with Crippen molar-refractivity contribution in [1.29, 1.82) is 0 Å². The zero-order valence-corrected chi connectivity index (χ0v) is 34.7. The molecule has 0 saturated heterocycles. The van der Waals surface area contributed by atoms with E-state index in [4.69, 9.17) is 56.8 Å². The van der Waals surface area contributed by atoms with Crippen LogP contribution in [0.15, 0.2) is 0 Å². The van der Waals surface area contributed by atoms with Gasteiger partial charge in [0.1, 0.15) is 6.61 Å². The summed E-state index contributed by atoms with van der Waals surface area (Å²) in [4.78, 5) is 11.8. The molecule has 0 rings (SSSR count). The second-order valence-electron chi connectivity index (χ2n) is 12.9. The summed E-state index contributed by atoms with van der Waals surface area (Å²) in [6.07, 6.45) is 17.9. The highest BCUT2D eigenvalue weighted by Gasteiger charge is 2.03. The first kappa shape index (κ1) is 53.0. The number of rotatable bonds is 49. The summed E-state index contributed by atoms with van der Waals surface area (Å²) in [5.41, 5.74) is 0. The third-order valence-corrected chi connectivity index (χ3v) is 8.09. The molecule has 0 unspecified atom stereocenters. The van der Waals surface area contributed by atoms with Crippen LogP contribution in [0.25, 0.3) is 0 Å². The second kappa shape index (κ2) is 50.0. The fourth-order valence-corrected chi connectivity index (χ4v) is 4.98. The first-order chi connectivity index (χ1) is 26.8. The highest BCUT2D eigenvalue weighted by atomic mass is 16.6. The Labute approximate surface area is 329 Å². The maximum atomic E-state index is 11.8. The SMILES string of the molecule is CCCCCCCCCCCC(=O)OCCOCCOCCOCCOCCOCCOCCOCCOCCOCCOCCOCCCCCCC. The van der Waals surface area contributed by atoms with Crippen LogP contribution in [0.2, 0.25) is 0 Å². The van der Waals surface area contributed by atoms with E-state index in [0.717, 1.165) is 25.9 Å². The van der Waals surface area contributed by atoms with Gasteiger partial charge in [0.2, 0.25) is 0 Å². The van der Waals surface area contributed by atoms with Crippen molar-refractivity contribution in [3.8, 4) is 0 Å². The van der Waals surface area contributed by atoms with Crippen LogP contribution in [0.3, 0.4) is 0 Å². The van der Waals surface area contributed by atoms with Crippen LogP contribution < -0.4 is 0 Å². The Kier molecular flexibility index (Phi) is 49.2. The maximum absolute atomic E-state index is 11.8. The predicted molar refractivity (Wildman–Crippen MR) is 211 cm³/mol. The molecule has 0 fully saturated rings. The number of esters is 1. The Hall–Kier alpha value is -0.970. The van der Waals surface area contributed by atoms with Gasteiger partial charge in [-0.05, 0) is 12.8 Å². The molecule has 324 valence electrons. The Morgan fingerprint density at radius 2 is 0.481 bits per heavy atom. The van der Waals surface area contributed by atoms with E-state index in [1.807, 2.05) is 0 Å². The van der Waals surface area contributed by atoms with Crippen molar-refractivity contribution in [3.05, 3.63) is 0 Å². The van der Waals surface area contributed by atoms with Gasteiger partial charge in [-0.25, -0.2) is 0 Å². The van der Waals surface area contributed by atoms with E-state index in [0.29, 0.717) is 145 Å². The van der Waals surface area contributed by atoms with Gasteiger partial charge in [0.25, 0.3) is 0 Å². The van der Waals surface area contributed by atoms with E-state index in [1.165, 1.54) is 70.6 Å². The molecule has 0 saturated carbocycles. The normalized spacial score (nSPS) is 11.5. The van der Waals surface area contributed by atoms with Crippen LogP contribution in [-0.4, -0.2) is 158 Å². The highest BCUT2D eigenvalue weighted by Crippen LogP contribution is 2.10. The number of hydrogen-bond acceptors (Lipinski definition) is 13. The molecule has 54 heavy (non-hydrogen) atoms. The number of hydrogen-bond donors (Lipinski definition) is 0. The summed E-state index contributed by atoms with van der Waals surface area (Å²) in [5.74, 6) is -0.135. The standard InChI is InChI=1S/C41H82O13/c1-3-5-7-9-10-11-12-13-15-17-41(42)54-40-39-53-38-37-52-36-35-51-34-33-50-32-31-49-30-29-48-28-27-47-26-25-46-24-23-45-22-21-44-20-19-43-18-16-14-8-6-4-2/h3-40H2,1-2H3. The third kappa shape index (κ3) is 49.0. The minimum absolute atomic E-state index is 0.135. The van der Waals surface area contributed by atoms with Gasteiger partial charge in [0.15, 0.2) is 0 Å². The molecule has 0 aliphatic carbocycles. The van der Waals surface area contributed by atoms with Crippen molar-refractivity contribution in [1.82, 2.24) is 0 Å². The summed E-state index contributed by atoms with van der Waals surface area (Å²) in [5, 5.41) is 0. The van der Waals surface area contributed by atoms with Crippen molar-refractivity contribution < 1.29 is 61.6 Å². The van der Waals surface area contributed by atoms with Crippen LogP contribution in [-0.2, 0) is 61.6 Å². The first-order valence-electron chi connectivity index (χ1n) is 21.3. The van der Waals surface area contributed by atoms with E-state index in [1.54, 1.807) is 0 Å². The van der Waals surface area contributed by atoms with Crippen molar-refractivity contribution in [2.75, 3.05) is 152 Å². The molecule has 0 aromatic rings. The van der Waals surface area contributed by atoms with Gasteiger partial charge in [-0.2, -0.15) is 0 Å². The fraction of sp³-hybridized carbons (Fsp3) is 0.976. The summed E-state index contributed by atoms with van der Waals surface area (Å²) < 4.78 is 65.7. The molecule has 0 aliphatic heterocycles. The predicted octanol–water partition coefficient (Wildman–Crippen LogP) is 6.60. The lowest BCUT2D eigenvalue weighted by atomic mass is 10.1. The van der Waals surface area contributed by atoms with Gasteiger partial charge >= 0.3 is 5.97 Å². The molecule has 0 aromatic heterocycles. The quantitative estimate of drug-likeness (QED) is 0.0486. The molecule has 0 atom stereocenters. The Balaban J connectivity index is 3.10. The largest absolute Gasteiger partial charge is 0.463 e. The molecule has 13 nitrogen and oxygen atoms in total. The fourth-order valence-electron chi connectivity index (χ4n) is 4.98. The van der Waals surface area contributed by atoms with Crippen LogP contribution in [0, 0.1) is 0 Å². The molecule has 0 bridgehead atoms. The van der Waals surface area contributed by atoms with Crippen LogP contribution in [0.5, 0.6) is 0 Å². The average molecular weight is 783 g/mol. The van der Waals surface area contributed by atoms with Crippen molar-refractivity contribution >= 4 is 5.97 Å². The zero-order valence-electron chi connectivity index (χ0n) is 34.7. The van der Waals surface area contributed by atoms with Gasteiger partial charge in [-0.15, -0.1) is 0 Å². The number of ether oxygens (including phenoxy) is 12. The molecule has 0 aromatic carbocycles. The average Bonchev–Trinajstić information content (AvgIpc) is 3.18. The van der Waals surface area contributed by atoms with Gasteiger partial charge < -0.3 is 56.8 Å². The number of unbranched alkanes of at least 4 members (excludes halogenated alkanes) is 12. The van der Waals surface area contributed by atoms with Crippen LogP contribution in [0.1, 0.15) is 110 Å². The summed E-state index contributed by atoms with van der Waals surface area (Å²) >= 11 is 0. The van der Waals surface area contributed by atoms with Gasteiger partial charge in [-0.1, -0.05) is 90.9 Å². The molecular formula is C41H82O13. The molecule has 0 N–H and O–H groups in total. The summed E-state index contributed by atoms with van der Waals surface area (Å²) in [6.45, 7) is 16.4. The topological polar surface area (TPSA) is 128 Å². The third-order valence-electron chi connectivity index (χ3n) is 8.09. The van der Waals surface area contributed by atoms with Crippen LogP contribution in [0.4, 0.5) is 0 Å². The Morgan fingerprint density at radius 3 is 0.778 bits per heavy atom. The molecular weight excluding hydrogens is 700 g/mol. The van der Waals surface area contributed by atoms with E-state index in [-0.39, 0.29) is 12.6 Å². The van der Waals surface area contributed by atoms with E-state index in [2.05, 4.69) is 13.8 Å². The molecule has 0 heterocycles. The Bertz CT molecular complexity index is 689. The van der Waals surface area contributed by atoms with E-state index >= 15 is 0 Å². The first-order valence-corrected chi connectivity index (χ1v) is 21.3. The maximum Gasteiger partial charge on any atom is 0.305 e. The Morgan fingerprint density at radius 1 is 0.259 bits per heavy atom. The lowest BCUT2D eigenvalue weighted by molar-refractivity contribution is -0.145. The smallest absolute Gasteiger partial charge is 0.305 e. The lowest BCUT2D eigenvalue weighted by Gasteiger charge is -2.09. The van der Waals surface area contributed by atoms with Gasteiger partial charge in [0.05, 0.1) is 139 Å². The molecule has 13 heteroatoms. The molecule has 0 amide bonds. The molecule has 0 aliphatic rings. The van der Waals surface area contributed by atoms with E-state index in [9.17, 15) is 4.79 Å². The van der Waals surface area contributed by atoms with Gasteiger partial charge in [0, 0.05) is 13.0 Å². The monoisotopic (exact) mass is 783 g/mol. The number of carbonyl (C=O) groups excluding carboxylic acids is 1. The van der Waals surface area contributed by atoms with Crippen molar-refractivity contribution in [2.24, 2.45) is 0 Å². The van der Waals surface area contributed by atoms with Gasteiger partial charge in [-0.3, -0.25) is 4.79 Å². The summed E-state index contributed by atoms with van der Waals surface area (Å²) in [6, 6.07) is 0. The van der Waals surface area contributed by atoms with Crippen molar-refractivity contribution in [2.45, 2.75) is 110 Å². The second-order valence-corrected chi connectivity index (χ2v) is 12.9. The summed E-state index contributed by atoms with van der Waals surface area (Å²) in [7, 11) is 0. The van der Waals surface area contributed by atoms with E-state index < -0.39 is 0 Å². The number of carbonyl (C=O) groups is 1. The van der Waals surface area contributed by atoms with Crippen LogP contribution >= 0.6 is 0 Å². The highest BCUT2D eigenvalue weighted by molar-refractivity contribution is 5.69.